The van der Waals surface area contributed by atoms with Gasteiger partial charge in [0.25, 0.3) is 0 Å². The maximum Gasteiger partial charge on any atom is 0.322 e. The molecule has 2 rings (SSSR count). The van der Waals surface area contributed by atoms with Gasteiger partial charge in [0.2, 0.25) is 0 Å². The van der Waals surface area contributed by atoms with E-state index in [2.05, 4.69) is 27.9 Å². The predicted molar refractivity (Wildman–Crippen MR) is 86.8 cm³/mol. The van der Waals surface area contributed by atoms with Crippen LogP contribution in [0.4, 0.5) is 10.5 Å². The number of hydrogen-bond acceptors (Lipinski definition) is 3. The molecule has 1 aromatic carbocycles. The summed E-state index contributed by atoms with van der Waals surface area (Å²) in [6.07, 6.45) is -0.134. The summed E-state index contributed by atoms with van der Waals surface area (Å²) in [4.78, 5) is 24.7. The Labute approximate surface area is 140 Å². The average Bonchev–Trinajstić information content (AvgIpc) is 2.42. The number of ether oxygens (including phenoxy) is 1. The molecule has 0 bridgehead atoms. The Kier molecular flexibility index (Phi) is 5.65. The quantitative estimate of drug-likeness (QED) is 0.731. The van der Waals surface area contributed by atoms with E-state index < -0.39 is 12.0 Å². The lowest BCUT2D eigenvalue weighted by Gasteiger charge is -2.34. The van der Waals surface area contributed by atoms with Gasteiger partial charge in [-0.25, -0.2) is 4.79 Å². The minimum Gasteiger partial charge on any atom is -0.481 e. The first kappa shape index (κ1) is 16.3. The molecule has 1 fully saturated rings. The van der Waals surface area contributed by atoms with Crippen molar-refractivity contribution >= 4 is 51.9 Å². The lowest BCUT2D eigenvalue weighted by atomic mass is 10.1. The van der Waals surface area contributed by atoms with Gasteiger partial charge in [0, 0.05) is 15.1 Å². The summed E-state index contributed by atoms with van der Waals surface area (Å²) in [5.41, 5.74) is 0.644. The van der Waals surface area contributed by atoms with Crippen LogP contribution in [-0.4, -0.2) is 47.8 Å². The second kappa shape index (κ2) is 7.28. The zero-order chi connectivity index (χ0) is 15.4. The van der Waals surface area contributed by atoms with Gasteiger partial charge in [0.15, 0.2) is 0 Å². The number of nitrogens with one attached hydrogen (secondary N) is 1. The van der Waals surface area contributed by atoms with Crippen molar-refractivity contribution in [2.45, 2.75) is 12.5 Å². The molecule has 21 heavy (non-hydrogen) atoms. The van der Waals surface area contributed by atoms with Gasteiger partial charge in [0.05, 0.1) is 31.4 Å². The molecule has 114 valence electrons. The van der Waals surface area contributed by atoms with Crippen molar-refractivity contribution < 1.29 is 19.4 Å². The van der Waals surface area contributed by atoms with Crippen LogP contribution in [-0.2, 0) is 9.53 Å². The minimum absolute atomic E-state index is 0.134. The second-order valence-corrected chi connectivity index (χ2v) is 6.17. The molecule has 1 aromatic rings. The van der Waals surface area contributed by atoms with Crippen LogP contribution in [0.2, 0.25) is 5.02 Å². The van der Waals surface area contributed by atoms with Crippen LogP contribution in [0.15, 0.2) is 18.2 Å². The molecule has 1 aliphatic heterocycles. The Balaban J connectivity index is 2.08. The summed E-state index contributed by atoms with van der Waals surface area (Å²) in [5, 5.41) is 12.3. The number of anilines is 1. The number of carbonyl (C=O) groups is 2. The molecule has 6 nitrogen and oxygen atoms in total. The van der Waals surface area contributed by atoms with E-state index in [4.69, 9.17) is 21.4 Å². The SMILES string of the molecule is O=C(O)CC1COCCN1C(=O)Nc1ccc(Cl)cc1I. The monoisotopic (exact) mass is 424 g/mol. The molecule has 1 unspecified atom stereocenters. The molecule has 2 amide bonds. The van der Waals surface area contributed by atoms with E-state index in [0.29, 0.717) is 23.9 Å². The van der Waals surface area contributed by atoms with Gasteiger partial charge < -0.3 is 20.1 Å². The number of nitrogens with zero attached hydrogens (tertiary/aromatic N) is 1. The molecular formula is C13H14ClIN2O4. The molecule has 0 aromatic heterocycles. The maximum absolute atomic E-state index is 12.3. The van der Waals surface area contributed by atoms with Crippen LogP contribution in [0.1, 0.15) is 6.42 Å². The van der Waals surface area contributed by atoms with Crippen molar-refractivity contribution in [1.82, 2.24) is 4.90 Å². The lowest BCUT2D eigenvalue weighted by Crippen LogP contribution is -2.51. The van der Waals surface area contributed by atoms with Gasteiger partial charge in [-0.2, -0.15) is 0 Å². The molecule has 0 radical (unpaired) electrons. The first-order chi connectivity index (χ1) is 9.97. The number of aliphatic carboxylic acids is 1. The Morgan fingerprint density at radius 1 is 1.52 bits per heavy atom. The first-order valence-electron chi connectivity index (χ1n) is 6.29. The predicted octanol–water partition coefficient (Wildman–Crippen LogP) is 2.65. The number of halogens is 2. The third kappa shape index (κ3) is 4.45. The fraction of sp³-hybridized carbons (Fsp3) is 0.385. The molecule has 1 aliphatic rings. The fourth-order valence-corrected chi connectivity index (χ4v) is 3.08. The molecule has 1 heterocycles. The summed E-state index contributed by atoms with van der Waals surface area (Å²) in [6.45, 7) is 1.01. The van der Waals surface area contributed by atoms with Crippen LogP contribution in [0.25, 0.3) is 0 Å². The van der Waals surface area contributed by atoms with Gasteiger partial charge in [-0.15, -0.1) is 0 Å². The average molecular weight is 425 g/mol. The summed E-state index contributed by atoms with van der Waals surface area (Å²) < 4.78 is 6.07. The van der Waals surface area contributed by atoms with E-state index in [-0.39, 0.29) is 19.1 Å². The van der Waals surface area contributed by atoms with Crippen LogP contribution in [0, 0.1) is 3.57 Å². The van der Waals surface area contributed by atoms with Gasteiger partial charge in [-0.05, 0) is 40.8 Å². The van der Waals surface area contributed by atoms with Gasteiger partial charge in [-0.3, -0.25) is 4.79 Å². The van der Waals surface area contributed by atoms with Crippen molar-refractivity contribution in [1.29, 1.82) is 0 Å². The van der Waals surface area contributed by atoms with Crippen molar-refractivity contribution in [3.05, 3.63) is 26.8 Å². The van der Waals surface area contributed by atoms with Gasteiger partial charge >= 0.3 is 12.0 Å². The molecule has 2 N–H and O–H groups in total. The van der Waals surface area contributed by atoms with Crippen molar-refractivity contribution in [2.24, 2.45) is 0 Å². The molecule has 1 atom stereocenters. The third-order valence-electron chi connectivity index (χ3n) is 3.07. The highest BCUT2D eigenvalue weighted by Gasteiger charge is 2.29. The van der Waals surface area contributed by atoms with E-state index in [0.717, 1.165) is 3.57 Å². The number of hydrogen-bond donors (Lipinski definition) is 2. The number of carboxylic acid groups (broad SMARTS) is 1. The summed E-state index contributed by atoms with van der Waals surface area (Å²) in [7, 11) is 0. The zero-order valence-corrected chi connectivity index (χ0v) is 13.9. The number of carbonyl (C=O) groups excluding carboxylic acids is 1. The van der Waals surface area contributed by atoms with Crippen molar-refractivity contribution in [3.63, 3.8) is 0 Å². The number of rotatable bonds is 3. The molecule has 1 saturated heterocycles. The molecule has 8 heteroatoms. The Hall–Kier alpha value is -1.06. The smallest absolute Gasteiger partial charge is 0.322 e. The Morgan fingerprint density at radius 2 is 2.29 bits per heavy atom. The largest absolute Gasteiger partial charge is 0.481 e. The molecule has 0 saturated carbocycles. The van der Waals surface area contributed by atoms with Crippen LogP contribution < -0.4 is 5.32 Å². The first-order valence-corrected chi connectivity index (χ1v) is 7.75. The summed E-state index contributed by atoms with van der Waals surface area (Å²) in [6, 6.07) is 4.36. The van der Waals surface area contributed by atoms with E-state index in [1.54, 1.807) is 18.2 Å². The zero-order valence-electron chi connectivity index (χ0n) is 11.0. The highest BCUT2D eigenvalue weighted by atomic mass is 127. The number of benzene rings is 1. The number of carboxylic acids is 1. The molecule has 0 aliphatic carbocycles. The van der Waals surface area contributed by atoms with Gasteiger partial charge in [-0.1, -0.05) is 11.6 Å². The number of urea groups is 1. The Morgan fingerprint density at radius 3 is 2.95 bits per heavy atom. The number of amides is 2. The summed E-state index contributed by atoms with van der Waals surface area (Å²) >= 11 is 7.95. The normalized spacial score (nSPS) is 18.4. The maximum atomic E-state index is 12.3. The second-order valence-electron chi connectivity index (χ2n) is 4.57. The standard InChI is InChI=1S/C13H14ClIN2O4/c14-8-1-2-11(10(15)5-8)16-13(20)17-3-4-21-7-9(17)6-12(18)19/h1-2,5,9H,3-4,6-7H2,(H,16,20)(H,18,19). The molecule has 0 spiro atoms. The third-order valence-corrected chi connectivity index (χ3v) is 4.20. The van der Waals surface area contributed by atoms with Crippen LogP contribution in [0.5, 0.6) is 0 Å². The van der Waals surface area contributed by atoms with Crippen LogP contribution in [0.3, 0.4) is 0 Å². The fourth-order valence-electron chi connectivity index (χ4n) is 2.07. The number of morpholine rings is 1. The van der Waals surface area contributed by atoms with E-state index in [9.17, 15) is 9.59 Å². The molecular weight excluding hydrogens is 411 g/mol. The van der Waals surface area contributed by atoms with Gasteiger partial charge in [0.1, 0.15) is 0 Å². The Bertz CT molecular complexity index is 555. The van der Waals surface area contributed by atoms with Crippen LogP contribution >= 0.6 is 34.2 Å². The highest BCUT2D eigenvalue weighted by molar-refractivity contribution is 14.1. The van der Waals surface area contributed by atoms with Crippen molar-refractivity contribution in [2.75, 3.05) is 25.1 Å². The topological polar surface area (TPSA) is 78.9 Å². The minimum atomic E-state index is -0.954. The summed E-state index contributed by atoms with van der Waals surface area (Å²) in [5.74, 6) is -0.954. The highest BCUT2D eigenvalue weighted by Crippen LogP contribution is 2.23. The van der Waals surface area contributed by atoms with E-state index >= 15 is 0 Å². The van der Waals surface area contributed by atoms with E-state index in [1.165, 1.54) is 4.90 Å². The lowest BCUT2D eigenvalue weighted by molar-refractivity contribution is -0.139. The van der Waals surface area contributed by atoms with Crippen molar-refractivity contribution in [3.8, 4) is 0 Å². The van der Waals surface area contributed by atoms with E-state index in [1.807, 2.05) is 0 Å².